The summed E-state index contributed by atoms with van der Waals surface area (Å²) >= 11 is 0. The van der Waals surface area contributed by atoms with Gasteiger partial charge in [-0.05, 0) is 29.7 Å². The van der Waals surface area contributed by atoms with E-state index in [4.69, 9.17) is 9.47 Å². The third kappa shape index (κ3) is 4.72. The number of nitrogens with one attached hydrogen (secondary N) is 1. The Kier molecular flexibility index (Phi) is 6.40. The first kappa shape index (κ1) is 22.1. The molecule has 0 spiro atoms. The SMILES string of the molecule is COc1cc(NC2=C(c3ccc(F)cc3)C(=O)N(CCc3ccccc3)C2=O)cc(OC)c1. The Hall–Kier alpha value is -4.13. The first-order chi connectivity index (χ1) is 16.0. The molecule has 0 saturated heterocycles. The van der Waals surface area contributed by atoms with Gasteiger partial charge in [0, 0.05) is 30.4 Å². The van der Waals surface area contributed by atoms with Crippen molar-refractivity contribution in [2.75, 3.05) is 26.1 Å². The van der Waals surface area contributed by atoms with Crippen LogP contribution in [0.25, 0.3) is 5.57 Å². The molecule has 3 aromatic rings. The standard InChI is InChI=1S/C26H23FN2O4/c1-32-21-14-20(15-22(16-21)33-2)28-24-23(18-8-10-19(27)11-9-18)25(30)29(26(24)31)13-12-17-6-4-3-5-7-17/h3-11,14-16,28H,12-13H2,1-2H3. The zero-order valence-corrected chi connectivity index (χ0v) is 18.3. The van der Waals surface area contributed by atoms with Crippen LogP contribution >= 0.6 is 0 Å². The Balaban J connectivity index is 1.70. The van der Waals surface area contributed by atoms with Gasteiger partial charge < -0.3 is 14.8 Å². The number of hydrogen-bond donors (Lipinski definition) is 1. The molecule has 1 heterocycles. The van der Waals surface area contributed by atoms with E-state index in [9.17, 15) is 14.0 Å². The Morgan fingerprint density at radius 3 is 2.09 bits per heavy atom. The predicted octanol–water partition coefficient (Wildman–Crippen LogP) is 4.28. The second-order valence-corrected chi connectivity index (χ2v) is 7.48. The molecule has 0 radical (unpaired) electrons. The summed E-state index contributed by atoms with van der Waals surface area (Å²) in [5, 5.41) is 3.08. The van der Waals surface area contributed by atoms with Gasteiger partial charge in [0.05, 0.1) is 19.8 Å². The van der Waals surface area contributed by atoms with E-state index in [2.05, 4.69) is 5.32 Å². The minimum Gasteiger partial charge on any atom is -0.497 e. The normalized spacial score (nSPS) is 13.5. The summed E-state index contributed by atoms with van der Waals surface area (Å²) in [5.41, 5.74) is 2.30. The number of hydrogen-bond acceptors (Lipinski definition) is 5. The van der Waals surface area contributed by atoms with Crippen molar-refractivity contribution in [3.05, 3.63) is 95.4 Å². The van der Waals surface area contributed by atoms with Crippen molar-refractivity contribution in [2.24, 2.45) is 0 Å². The van der Waals surface area contributed by atoms with Crippen molar-refractivity contribution in [2.45, 2.75) is 6.42 Å². The van der Waals surface area contributed by atoms with E-state index in [0.29, 0.717) is 29.2 Å². The van der Waals surface area contributed by atoms with E-state index < -0.39 is 17.6 Å². The van der Waals surface area contributed by atoms with E-state index in [1.165, 1.54) is 43.4 Å². The first-order valence-corrected chi connectivity index (χ1v) is 10.4. The third-order valence-corrected chi connectivity index (χ3v) is 5.39. The van der Waals surface area contributed by atoms with Crippen LogP contribution in [0, 0.1) is 5.82 Å². The van der Waals surface area contributed by atoms with Crippen molar-refractivity contribution < 1.29 is 23.5 Å². The number of ether oxygens (including phenoxy) is 2. The van der Waals surface area contributed by atoms with Gasteiger partial charge in [0.1, 0.15) is 23.0 Å². The number of halogens is 1. The highest BCUT2D eigenvalue weighted by Gasteiger charge is 2.39. The van der Waals surface area contributed by atoms with Crippen molar-refractivity contribution in [1.29, 1.82) is 0 Å². The summed E-state index contributed by atoms with van der Waals surface area (Å²) in [6, 6.07) is 20.2. The van der Waals surface area contributed by atoms with Gasteiger partial charge in [-0.3, -0.25) is 14.5 Å². The lowest BCUT2D eigenvalue weighted by atomic mass is 10.0. The Morgan fingerprint density at radius 2 is 1.48 bits per heavy atom. The molecule has 0 bridgehead atoms. The summed E-state index contributed by atoms with van der Waals surface area (Å²) in [4.78, 5) is 27.9. The molecule has 168 valence electrons. The molecule has 0 atom stereocenters. The summed E-state index contributed by atoms with van der Waals surface area (Å²) in [7, 11) is 3.05. The maximum atomic E-state index is 13.5. The zero-order chi connectivity index (χ0) is 23.4. The highest BCUT2D eigenvalue weighted by molar-refractivity contribution is 6.36. The fourth-order valence-corrected chi connectivity index (χ4v) is 3.69. The van der Waals surface area contributed by atoms with Gasteiger partial charge in [-0.2, -0.15) is 0 Å². The van der Waals surface area contributed by atoms with Crippen molar-refractivity contribution in [3.8, 4) is 11.5 Å². The number of carbonyl (C=O) groups excluding carboxylic acids is 2. The van der Waals surface area contributed by atoms with Crippen LogP contribution in [-0.4, -0.2) is 37.5 Å². The highest BCUT2D eigenvalue weighted by atomic mass is 19.1. The summed E-state index contributed by atoms with van der Waals surface area (Å²) in [6.45, 7) is 0.221. The molecule has 33 heavy (non-hydrogen) atoms. The van der Waals surface area contributed by atoms with Crippen LogP contribution in [0.15, 0.2) is 78.5 Å². The summed E-state index contributed by atoms with van der Waals surface area (Å²) < 4.78 is 24.1. The second-order valence-electron chi connectivity index (χ2n) is 7.48. The van der Waals surface area contributed by atoms with Gasteiger partial charge in [0.2, 0.25) is 0 Å². The third-order valence-electron chi connectivity index (χ3n) is 5.39. The van der Waals surface area contributed by atoms with E-state index in [-0.39, 0.29) is 17.8 Å². The predicted molar refractivity (Wildman–Crippen MR) is 123 cm³/mol. The fraction of sp³-hybridized carbons (Fsp3) is 0.154. The number of rotatable bonds is 8. The number of imide groups is 1. The second kappa shape index (κ2) is 9.56. The van der Waals surface area contributed by atoms with Crippen LogP contribution in [0.2, 0.25) is 0 Å². The van der Waals surface area contributed by atoms with E-state index in [1.807, 2.05) is 30.3 Å². The molecule has 1 aliphatic heterocycles. The van der Waals surface area contributed by atoms with Gasteiger partial charge >= 0.3 is 0 Å². The minimum atomic E-state index is -0.447. The van der Waals surface area contributed by atoms with Crippen molar-refractivity contribution in [1.82, 2.24) is 4.90 Å². The quantitative estimate of drug-likeness (QED) is 0.523. The zero-order valence-electron chi connectivity index (χ0n) is 18.3. The molecule has 6 nitrogen and oxygen atoms in total. The van der Waals surface area contributed by atoms with Crippen LogP contribution in [-0.2, 0) is 16.0 Å². The lowest BCUT2D eigenvalue weighted by Gasteiger charge is -2.15. The van der Waals surface area contributed by atoms with E-state index in [0.717, 1.165) is 5.56 Å². The van der Waals surface area contributed by atoms with Gasteiger partial charge in [-0.15, -0.1) is 0 Å². The van der Waals surface area contributed by atoms with Crippen LogP contribution in [0.5, 0.6) is 11.5 Å². The molecule has 0 aromatic heterocycles. The number of anilines is 1. The average molecular weight is 446 g/mol. The van der Waals surface area contributed by atoms with Gasteiger partial charge in [-0.1, -0.05) is 42.5 Å². The number of nitrogens with zero attached hydrogens (tertiary/aromatic N) is 1. The van der Waals surface area contributed by atoms with Crippen LogP contribution in [0.4, 0.5) is 10.1 Å². The number of methoxy groups -OCH3 is 2. The maximum Gasteiger partial charge on any atom is 0.278 e. The Bertz CT molecular complexity index is 1180. The Morgan fingerprint density at radius 1 is 0.848 bits per heavy atom. The summed E-state index contributed by atoms with van der Waals surface area (Å²) in [6.07, 6.45) is 0.523. The van der Waals surface area contributed by atoms with Crippen LogP contribution in [0.1, 0.15) is 11.1 Å². The topological polar surface area (TPSA) is 67.9 Å². The van der Waals surface area contributed by atoms with Gasteiger partial charge in [0.25, 0.3) is 11.8 Å². The molecule has 1 aliphatic rings. The monoisotopic (exact) mass is 446 g/mol. The number of carbonyl (C=O) groups is 2. The number of amides is 2. The molecular weight excluding hydrogens is 423 g/mol. The van der Waals surface area contributed by atoms with E-state index in [1.54, 1.807) is 18.2 Å². The molecule has 4 rings (SSSR count). The molecule has 0 saturated carbocycles. The Labute approximate surface area is 191 Å². The van der Waals surface area contributed by atoms with Gasteiger partial charge in [0.15, 0.2) is 0 Å². The van der Waals surface area contributed by atoms with Crippen LogP contribution < -0.4 is 14.8 Å². The lowest BCUT2D eigenvalue weighted by molar-refractivity contribution is -0.136. The first-order valence-electron chi connectivity index (χ1n) is 10.4. The average Bonchev–Trinajstić information content (AvgIpc) is 3.07. The van der Waals surface area contributed by atoms with Gasteiger partial charge in [-0.25, -0.2) is 4.39 Å². The molecule has 0 unspecified atom stereocenters. The smallest absolute Gasteiger partial charge is 0.278 e. The molecule has 2 amide bonds. The summed E-state index contributed by atoms with van der Waals surface area (Å²) in [5.74, 6) is -0.252. The molecule has 0 fully saturated rings. The van der Waals surface area contributed by atoms with Crippen molar-refractivity contribution in [3.63, 3.8) is 0 Å². The lowest BCUT2D eigenvalue weighted by Crippen LogP contribution is -2.34. The molecule has 1 N–H and O–H groups in total. The molecule has 0 aliphatic carbocycles. The number of benzene rings is 3. The largest absolute Gasteiger partial charge is 0.497 e. The maximum absolute atomic E-state index is 13.5. The highest BCUT2D eigenvalue weighted by Crippen LogP contribution is 2.33. The molecular formula is C26H23FN2O4. The molecule has 7 heteroatoms. The minimum absolute atomic E-state index is 0.120. The van der Waals surface area contributed by atoms with Crippen molar-refractivity contribution >= 4 is 23.1 Å². The fourth-order valence-electron chi connectivity index (χ4n) is 3.69. The van der Waals surface area contributed by atoms with E-state index >= 15 is 0 Å². The van der Waals surface area contributed by atoms with Crippen LogP contribution in [0.3, 0.4) is 0 Å². The molecule has 3 aromatic carbocycles.